The summed E-state index contributed by atoms with van der Waals surface area (Å²) in [7, 11) is 1.89. The molecule has 1 unspecified atom stereocenters. The molecule has 0 bridgehead atoms. The Bertz CT molecular complexity index is 1010. The first-order chi connectivity index (χ1) is 12.7. The number of anilines is 1. The molecule has 3 aromatic rings. The number of imidazole rings is 1. The van der Waals surface area contributed by atoms with Crippen molar-refractivity contribution in [1.29, 1.82) is 0 Å². The van der Waals surface area contributed by atoms with E-state index in [1.807, 2.05) is 43.7 Å². The van der Waals surface area contributed by atoms with Crippen LogP contribution in [0.4, 0.5) is 10.1 Å². The van der Waals surface area contributed by atoms with Crippen molar-refractivity contribution in [3.05, 3.63) is 47.8 Å². The Morgan fingerprint density at radius 2 is 2.04 bits per heavy atom. The van der Waals surface area contributed by atoms with E-state index in [9.17, 15) is 9.18 Å². The molecule has 3 N–H and O–H groups in total. The quantitative estimate of drug-likeness (QED) is 0.711. The second kappa shape index (κ2) is 7.12. The summed E-state index contributed by atoms with van der Waals surface area (Å²) in [5.74, 6) is 0.175. The van der Waals surface area contributed by atoms with Crippen LogP contribution >= 0.6 is 0 Å². The highest BCUT2D eigenvalue weighted by atomic mass is 19.1. The maximum absolute atomic E-state index is 13.5. The summed E-state index contributed by atoms with van der Waals surface area (Å²) in [5.41, 5.74) is 9.12. The number of carbonyl (C=O) groups excluding carboxylic acids is 1. The van der Waals surface area contributed by atoms with Gasteiger partial charge in [0.05, 0.1) is 16.6 Å². The van der Waals surface area contributed by atoms with Crippen molar-refractivity contribution in [2.45, 2.75) is 39.2 Å². The van der Waals surface area contributed by atoms with Gasteiger partial charge >= 0.3 is 0 Å². The van der Waals surface area contributed by atoms with E-state index in [4.69, 9.17) is 5.73 Å². The van der Waals surface area contributed by atoms with Crippen molar-refractivity contribution >= 4 is 22.6 Å². The molecule has 2 aromatic carbocycles. The number of nitrogens with two attached hydrogens (primary N) is 1. The van der Waals surface area contributed by atoms with Gasteiger partial charge in [0.15, 0.2) is 0 Å². The van der Waals surface area contributed by atoms with Crippen molar-refractivity contribution in [2.75, 3.05) is 5.32 Å². The largest absolute Gasteiger partial charge is 0.327 e. The van der Waals surface area contributed by atoms with Crippen LogP contribution < -0.4 is 11.1 Å². The lowest BCUT2D eigenvalue weighted by molar-refractivity contribution is -0.120. The first-order valence-electron chi connectivity index (χ1n) is 9.06. The maximum Gasteiger partial charge on any atom is 0.244 e. The summed E-state index contributed by atoms with van der Waals surface area (Å²) < 4.78 is 15.4. The maximum atomic E-state index is 13.5. The minimum Gasteiger partial charge on any atom is -0.327 e. The van der Waals surface area contributed by atoms with Crippen LogP contribution in [-0.2, 0) is 11.8 Å². The summed E-state index contributed by atoms with van der Waals surface area (Å²) in [4.78, 5) is 17.1. The molecule has 0 fully saturated rings. The molecule has 5 nitrogen and oxygen atoms in total. The van der Waals surface area contributed by atoms with E-state index in [2.05, 4.69) is 10.3 Å². The van der Waals surface area contributed by atoms with E-state index >= 15 is 0 Å². The molecule has 1 aromatic heterocycles. The van der Waals surface area contributed by atoms with Gasteiger partial charge in [0, 0.05) is 24.4 Å². The first-order valence-corrected chi connectivity index (χ1v) is 9.06. The van der Waals surface area contributed by atoms with Crippen LogP contribution in [0.2, 0.25) is 0 Å². The average Bonchev–Trinajstić information content (AvgIpc) is 2.92. The third-order valence-corrected chi connectivity index (χ3v) is 4.87. The zero-order valence-electron chi connectivity index (χ0n) is 16.1. The smallest absolute Gasteiger partial charge is 0.244 e. The van der Waals surface area contributed by atoms with Gasteiger partial charge in [-0.1, -0.05) is 25.5 Å². The Morgan fingerprint density at radius 1 is 1.30 bits per heavy atom. The molecule has 27 heavy (non-hydrogen) atoms. The van der Waals surface area contributed by atoms with Crippen molar-refractivity contribution < 1.29 is 9.18 Å². The van der Waals surface area contributed by atoms with Crippen LogP contribution in [0.15, 0.2) is 36.4 Å². The van der Waals surface area contributed by atoms with E-state index in [1.54, 1.807) is 13.0 Å². The molecule has 0 saturated carbocycles. The molecule has 0 aliphatic carbocycles. The zero-order chi connectivity index (χ0) is 19.8. The van der Waals surface area contributed by atoms with Crippen molar-refractivity contribution in [3.8, 4) is 11.4 Å². The van der Waals surface area contributed by atoms with E-state index in [1.165, 1.54) is 12.1 Å². The molecule has 1 amide bonds. The Labute approximate surface area is 158 Å². The van der Waals surface area contributed by atoms with Gasteiger partial charge in [-0.3, -0.25) is 4.79 Å². The molecule has 142 valence electrons. The van der Waals surface area contributed by atoms with E-state index in [0.29, 0.717) is 23.4 Å². The topological polar surface area (TPSA) is 72.9 Å². The fraction of sp³-hybridized carbons (Fsp3) is 0.333. The molecule has 0 aliphatic heterocycles. The average molecular weight is 368 g/mol. The summed E-state index contributed by atoms with van der Waals surface area (Å²) in [6.07, 6.45) is 1.43. The highest BCUT2D eigenvalue weighted by Crippen LogP contribution is 2.28. The van der Waals surface area contributed by atoms with Gasteiger partial charge in [0.25, 0.3) is 0 Å². The highest BCUT2D eigenvalue weighted by molar-refractivity contribution is 5.98. The Kier molecular flexibility index (Phi) is 5.02. The van der Waals surface area contributed by atoms with Gasteiger partial charge in [-0.15, -0.1) is 0 Å². The van der Waals surface area contributed by atoms with E-state index in [-0.39, 0.29) is 11.7 Å². The number of amides is 1. The van der Waals surface area contributed by atoms with Crippen molar-refractivity contribution in [2.24, 2.45) is 12.8 Å². The Morgan fingerprint density at radius 3 is 2.74 bits per heavy atom. The number of rotatable bonds is 5. The van der Waals surface area contributed by atoms with Gasteiger partial charge in [-0.05, 0) is 44.0 Å². The normalized spacial score (nSPS) is 13.6. The van der Waals surface area contributed by atoms with Gasteiger partial charge in [0.1, 0.15) is 11.6 Å². The van der Waals surface area contributed by atoms with Crippen LogP contribution in [0, 0.1) is 12.7 Å². The minimum absolute atomic E-state index is 0.211. The summed E-state index contributed by atoms with van der Waals surface area (Å²) >= 11 is 0. The number of aryl methyl sites for hydroxylation is 2. The number of nitrogens with one attached hydrogen (secondary N) is 1. The van der Waals surface area contributed by atoms with Gasteiger partial charge < -0.3 is 15.6 Å². The van der Waals surface area contributed by atoms with E-state index < -0.39 is 5.54 Å². The fourth-order valence-corrected chi connectivity index (χ4v) is 3.22. The lowest BCUT2D eigenvalue weighted by atomic mass is 9.96. The van der Waals surface area contributed by atoms with Crippen molar-refractivity contribution in [1.82, 2.24) is 9.55 Å². The summed E-state index contributed by atoms with van der Waals surface area (Å²) in [6.45, 7) is 5.67. The molecule has 6 heteroatoms. The fourth-order valence-electron chi connectivity index (χ4n) is 3.22. The third-order valence-electron chi connectivity index (χ3n) is 4.87. The standard InChI is InChI=1S/C21H25FN4O/c1-5-10-21(3,23)20(27)25-16-11-14(7-6-13(16)2)19-24-17-12-15(22)8-9-18(17)26(19)4/h6-9,11-12H,5,10,23H2,1-4H3,(H,25,27). The predicted octanol–water partition coefficient (Wildman–Crippen LogP) is 4.14. The number of carbonyl (C=O) groups is 1. The SMILES string of the molecule is CCCC(C)(N)C(=O)Nc1cc(-c2nc3cc(F)ccc3n2C)ccc1C. The van der Waals surface area contributed by atoms with Crippen LogP contribution in [0.3, 0.4) is 0 Å². The highest BCUT2D eigenvalue weighted by Gasteiger charge is 2.27. The van der Waals surface area contributed by atoms with Gasteiger partial charge in [-0.2, -0.15) is 0 Å². The van der Waals surface area contributed by atoms with Gasteiger partial charge in [0.2, 0.25) is 5.91 Å². The second-order valence-electron chi connectivity index (χ2n) is 7.28. The molecule has 0 radical (unpaired) electrons. The number of hydrogen-bond donors (Lipinski definition) is 2. The van der Waals surface area contributed by atoms with E-state index in [0.717, 1.165) is 23.1 Å². The number of nitrogens with zero attached hydrogens (tertiary/aromatic N) is 2. The first kappa shape index (κ1) is 19.0. The number of benzene rings is 2. The Hall–Kier alpha value is -2.73. The monoisotopic (exact) mass is 368 g/mol. The molecule has 0 aliphatic rings. The van der Waals surface area contributed by atoms with Crippen LogP contribution in [0.25, 0.3) is 22.4 Å². The zero-order valence-corrected chi connectivity index (χ0v) is 16.1. The second-order valence-corrected chi connectivity index (χ2v) is 7.28. The molecular formula is C21H25FN4O. The third kappa shape index (κ3) is 3.71. The number of halogens is 1. The van der Waals surface area contributed by atoms with Crippen molar-refractivity contribution in [3.63, 3.8) is 0 Å². The van der Waals surface area contributed by atoms with Crippen LogP contribution in [0.1, 0.15) is 32.3 Å². The molecule has 0 saturated heterocycles. The predicted molar refractivity (Wildman–Crippen MR) is 107 cm³/mol. The molecule has 1 heterocycles. The number of fused-ring (bicyclic) bond motifs is 1. The minimum atomic E-state index is -0.924. The Balaban J connectivity index is 1.99. The molecule has 1 atom stereocenters. The molecule has 3 rings (SSSR count). The number of aromatic nitrogens is 2. The summed E-state index contributed by atoms with van der Waals surface area (Å²) in [5, 5.41) is 2.95. The van der Waals surface area contributed by atoms with Crippen LogP contribution in [0.5, 0.6) is 0 Å². The van der Waals surface area contributed by atoms with Gasteiger partial charge in [-0.25, -0.2) is 9.37 Å². The lowest BCUT2D eigenvalue weighted by Crippen LogP contribution is -2.48. The number of hydrogen-bond acceptors (Lipinski definition) is 3. The lowest BCUT2D eigenvalue weighted by Gasteiger charge is -2.23. The summed E-state index contributed by atoms with van der Waals surface area (Å²) in [6, 6.07) is 10.3. The molecule has 0 spiro atoms. The molecular weight excluding hydrogens is 343 g/mol. The van der Waals surface area contributed by atoms with Crippen LogP contribution in [-0.4, -0.2) is 21.0 Å².